The molecule has 0 amide bonds. The molecule has 0 N–H and O–H groups in total. The Morgan fingerprint density at radius 1 is 1.64 bits per heavy atom. The summed E-state index contributed by atoms with van der Waals surface area (Å²) in [5.74, 6) is 1.33. The third kappa shape index (κ3) is 1.37. The second kappa shape index (κ2) is 3.11. The summed E-state index contributed by atoms with van der Waals surface area (Å²) in [6.45, 7) is 6.63. The third-order valence-corrected chi connectivity index (χ3v) is 4.02. The van der Waals surface area contributed by atoms with Crippen LogP contribution < -0.4 is 0 Å². The van der Waals surface area contributed by atoms with Crippen LogP contribution >= 0.6 is 0 Å². The van der Waals surface area contributed by atoms with Gasteiger partial charge in [-0.1, -0.05) is 19.9 Å². The lowest BCUT2D eigenvalue weighted by atomic mass is 9.49. The van der Waals surface area contributed by atoms with Crippen LogP contribution in [-0.2, 0) is 9.53 Å². The van der Waals surface area contributed by atoms with Crippen molar-refractivity contribution >= 4 is 5.97 Å². The number of carbonyl (C=O) groups excluding carboxylic acids is 1. The van der Waals surface area contributed by atoms with Gasteiger partial charge in [-0.25, -0.2) is 0 Å². The van der Waals surface area contributed by atoms with Crippen LogP contribution in [0.1, 0.15) is 33.6 Å². The molecule has 0 unspecified atom stereocenters. The number of hydrogen-bond acceptors (Lipinski definition) is 2. The first-order valence-electron chi connectivity index (χ1n) is 5.34. The fourth-order valence-corrected chi connectivity index (χ4v) is 2.83. The maximum absolute atomic E-state index is 10.7. The monoisotopic (exact) mass is 194 g/mol. The molecule has 3 aliphatic carbocycles. The summed E-state index contributed by atoms with van der Waals surface area (Å²) in [6, 6.07) is 0. The van der Waals surface area contributed by atoms with Crippen molar-refractivity contribution in [1.82, 2.24) is 0 Å². The summed E-state index contributed by atoms with van der Waals surface area (Å²) in [7, 11) is 0. The largest absolute Gasteiger partial charge is 0.461 e. The van der Waals surface area contributed by atoms with Crippen LogP contribution in [-0.4, -0.2) is 12.6 Å². The van der Waals surface area contributed by atoms with Crippen molar-refractivity contribution in [1.29, 1.82) is 0 Å². The van der Waals surface area contributed by atoms with Crippen LogP contribution in [0.2, 0.25) is 0 Å². The predicted octanol–water partition coefficient (Wildman–Crippen LogP) is 2.54. The Balaban J connectivity index is 2.00. The van der Waals surface area contributed by atoms with Crippen molar-refractivity contribution in [3.63, 3.8) is 0 Å². The first kappa shape index (κ1) is 9.75. The summed E-state index contributed by atoms with van der Waals surface area (Å²) < 4.78 is 5.06. The van der Waals surface area contributed by atoms with Gasteiger partial charge in [0.25, 0.3) is 0 Å². The van der Waals surface area contributed by atoms with Gasteiger partial charge in [0.2, 0.25) is 0 Å². The molecule has 1 saturated carbocycles. The van der Waals surface area contributed by atoms with E-state index in [1.54, 1.807) is 0 Å². The fraction of sp³-hybridized carbons (Fsp3) is 0.750. The zero-order chi connectivity index (χ0) is 10.3. The minimum Gasteiger partial charge on any atom is -0.461 e. The summed E-state index contributed by atoms with van der Waals surface area (Å²) in [5.41, 5.74) is 1.78. The molecule has 3 aliphatic rings. The van der Waals surface area contributed by atoms with Gasteiger partial charge in [-0.15, -0.1) is 0 Å². The lowest BCUT2D eigenvalue weighted by molar-refractivity contribution is -0.140. The van der Waals surface area contributed by atoms with E-state index in [9.17, 15) is 4.79 Å². The number of esters is 1. The molecule has 78 valence electrons. The summed E-state index contributed by atoms with van der Waals surface area (Å²) >= 11 is 0. The van der Waals surface area contributed by atoms with Gasteiger partial charge >= 0.3 is 5.97 Å². The molecule has 0 radical (unpaired) electrons. The van der Waals surface area contributed by atoms with E-state index in [0.717, 1.165) is 5.92 Å². The van der Waals surface area contributed by atoms with Crippen LogP contribution in [0, 0.1) is 17.3 Å². The molecular weight excluding hydrogens is 176 g/mol. The van der Waals surface area contributed by atoms with Crippen molar-refractivity contribution in [2.24, 2.45) is 17.3 Å². The number of rotatable bonds is 2. The third-order valence-electron chi connectivity index (χ3n) is 4.02. The van der Waals surface area contributed by atoms with Crippen LogP contribution in [0.25, 0.3) is 0 Å². The fourth-order valence-electron chi connectivity index (χ4n) is 2.83. The van der Waals surface area contributed by atoms with Gasteiger partial charge in [0.05, 0.1) is 0 Å². The second-order valence-electron chi connectivity index (χ2n) is 5.10. The zero-order valence-electron chi connectivity index (χ0n) is 9.17. The average Bonchev–Trinajstić information content (AvgIpc) is 2.14. The van der Waals surface area contributed by atoms with Gasteiger partial charge < -0.3 is 4.74 Å². The molecule has 2 heteroatoms. The Labute approximate surface area is 85.3 Å². The Morgan fingerprint density at radius 3 is 2.86 bits per heavy atom. The van der Waals surface area contributed by atoms with Crippen LogP contribution in [0.15, 0.2) is 11.6 Å². The SMILES string of the molecule is CC(=O)OCC1=CC[C@@H]2C[C@H]1C2(C)C. The number of hydrogen-bond donors (Lipinski definition) is 0. The normalized spacial score (nSPS) is 32.9. The van der Waals surface area contributed by atoms with Gasteiger partial charge in [0, 0.05) is 6.92 Å². The molecule has 14 heavy (non-hydrogen) atoms. The van der Waals surface area contributed by atoms with Gasteiger partial charge in [-0.2, -0.15) is 0 Å². The van der Waals surface area contributed by atoms with E-state index >= 15 is 0 Å². The molecule has 2 bridgehead atoms. The minimum absolute atomic E-state index is 0.176. The molecule has 3 rings (SSSR count). The van der Waals surface area contributed by atoms with Crippen molar-refractivity contribution in [3.8, 4) is 0 Å². The van der Waals surface area contributed by atoms with Gasteiger partial charge in [0.15, 0.2) is 0 Å². The van der Waals surface area contributed by atoms with Crippen molar-refractivity contribution in [3.05, 3.63) is 11.6 Å². The van der Waals surface area contributed by atoms with Crippen LogP contribution in [0.5, 0.6) is 0 Å². The standard InChI is InChI=1S/C12H18O2/c1-8(13)14-7-9-4-5-10-6-11(9)12(10,2)3/h4,10-11H,5-7H2,1-3H3/t10-,11-/m1/s1. The molecule has 0 saturated heterocycles. The molecule has 0 aromatic heterocycles. The quantitative estimate of drug-likeness (QED) is 0.499. The topological polar surface area (TPSA) is 26.3 Å². The van der Waals surface area contributed by atoms with E-state index in [4.69, 9.17) is 4.74 Å². The van der Waals surface area contributed by atoms with Crippen molar-refractivity contribution < 1.29 is 9.53 Å². The molecule has 2 atom stereocenters. The number of fused-ring (bicyclic) bond motifs is 1. The molecular formula is C12H18O2. The van der Waals surface area contributed by atoms with Crippen LogP contribution in [0.3, 0.4) is 0 Å². The van der Waals surface area contributed by atoms with E-state index < -0.39 is 0 Å². The highest BCUT2D eigenvalue weighted by Crippen LogP contribution is 2.59. The number of carbonyl (C=O) groups is 1. The van der Waals surface area contributed by atoms with Crippen molar-refractivity contribution in [2.45, 2.75) is 33.6 Å². The average molecular weight is 194 g/mol. The first-order valence-corrected chi connectivity index (χ1v) is 5.34. The first-order chi connectivity index (χ1) is 6.51. The molecule has 2 nitrogen and oxygen atoms in total. The number of ether oxygens (including phenoxy) is 1. The molecule has 0 aromatic rings. The summed E-state index contributed by atoms with van der Waals surface area (Å²) in [6.07, 6.45) is 4.73. The highest BCUT2D eigenvalue weighted by Gasteiger charge is 2.51. The van der Waals surface area contributed by atoms with Gasteiger partial charge in [-0.3, -0.25) is 4.79 Å². The van der Waals surface area contributed by atoms with E-state index in [2.05, 4.69) is 19.9 Å². The highest BCUT2D eigenvalue weighted by atomic mass is 16.5. The Morgan fingerprint density at radius 2 is 2.36 bits per heavy atom. The van der Waals surface area contributed by atoms with Crippen molar-refractivity contribution in [2.75, 3.05) is 6.61 Å². The number of allylic oxidation sites excluding steroid dienone is 1. The Kier molecular flexibility index (Phi) is 2.17. The second-order valence-corrected chi connectivity index (χ2v) is 5.10. The van der Waals surface area contributed by atoms with E-state index in [1.165, 1.54) is 25.3 Å². The smallest absolute Gasteiger partial charge is 0.302 e. The Hall–Kier alpha value is -0.790. The van der Waals surface area contributed by atoms with E-state index in [1.807, 2.05) is 0 Å². The minimum atomic E-state index is -0.176. The molecule has 0 spiro atoms. The highest BCUT2D eigenvalue weighted by molar-refractivity contribution is 5.66. The predicted molar refractivity (Wildman–Crippen MR) is 54.7 cm³/mol. The zero-order valence-corrected chi connectivity index (χ0v) is 9.17. The lowest BCUT2D eigenvalue weighted by Gasteiger charge is -2.56. The van der Waals surface area contributed by atoms with Gasteiger partial charge in [-0.05, 0) is 35.7 Å². The van der Waals surface area contributed by atoms with E-state index in [0.29, 0.717) is 17.9 Å². The summed E-state index contributed by atoms with van der Waals surface area (Å²) in [4.78, 5) is 10.7. The van der Waals surface area contributed by atoms with Crippen LogP contribution in [0.4, 0.5) is 0 Å². The molecule has 0 heterocycles. The lowest BCUT2D eigenvalue weighted by Crippen LogP contribution is -2.48. The Bertz CT molecular complexity index is 289. The molecule has 0 aliphatic heterocycles. The summed E-state index contributed by atoms with van der Waals surface area (Å²) in [5, 5.41) is 0. The maximum atomic E-state index is 10.7. The van der Waals surface area contributed by atoms with E-state index in [-0.39, 0.29) is 5.97 Å². The maximum Gasteiger partial charge on any atom is 0.302 e. The molecule has 0 aromatic carbocycles. The molecule has 1 fully saturated rings. The van der Waals surface area contributed by atoms with Gasteiger partial charge in [0.1, 0.15) is 6.61 Å².